The minimum absolute atomic E-state index is 0.155. The molecule has 8 rings (SSSR count). The van der Waals surface area contributed by atoms with E-state index in [1.165, 1.54) is 58.5 Å². The van der Waals surface area contributed by atoms with Crippen LogP contribution in [0.1, 0.15) is 0 Å². The van der Waals surface area contributed by atoms with Crippen molar-refractivity contribution in [1.82, 2.24) is 0 Å². The topological polar surface area (TPSA) is 9.23 Å². The van der Waals surface area contributed by atoms with Crippen molar-refractivity contribution in [3.05, 3.63) is 127 Å². The molecular weight excluding hydrogens is 467 g/mol. The molecule has 7 aromatic rings. The summed E-state index contributed by atoms with van der Waals surface area (Å²) in [7, 11) is 0. The molecule has 3 heteroatoms. The minimum Gasteiger partial charge on any atom is -0.458 e. The number of hydrogen-bond donors (Lipinski definition) is 0. The Morgan fingerprint density at radius 3 is 1.92 bits per heavy atom. The molecule has 1 aliphatic rings. The van der Waals surface area contributed by atoms with Crippen molar-refractivity contribution < 1.29 is 4.74 Å². The van der Waals surface area contributed by atoms with Gasteiger partial charge in [-0.2, -0.15) is 0 Å². The first-order chi connectivity index (χ1) is 18.3. The Bertz CT molecular complexity index is 1920. The summed E-state index contributed by atoms with van der Waals surface area (Å²) < 4.78 is 8.92. The molecule has 0 N–H and O–H groups in total. The lowest BCUT2D eigenvalue weighted by molar-refractivity contribution is 0.487. The number of para-hydroxylation sites is 2. The minimum atomic E-state index is 0.155. The second kappa shape index (κ2) is 8.09. The first kappa shape index (κ1) is 20.8. The van der Waals surface area contributed by atoms with Crippen molar-refractivity contribution in [2.75, 3.05) is 0 Å². The van der Waals surface area contributed by atoms with Gasteiger partial charge in [-0.25, -0.2) is 0 Å². The first-order valence-electron chi connectivity index (χ1n) is 12.6. The Kier molecular flexibility index (Phi) is 4.55. The number of rotatable bonds is 2. The molecular formula is C34H21BOS. The molecule has 0 radical (unpaired) electrons. The zero-order valence-electron chi connectivity index (χ0n) is 20.0. The normalized spacial score (nSPS) is 12.5. The summed E-state index contributed by atoms with van der Waals surface area (Å²) in [6.07, 6.45) is 0. The van der Waals surface area contributed by atoms with Crippen LogP contribution >= 0.6 is 11.3 Å². The summed E-state index contributed by atoms with van der Waals surface area (Å²) in [5.41, 5.74) is 6.25. The van der Waals surface area contributed by atoms with Gasteiger partial charge in [0.15, 0.2) is 0 Å². The molecule has 172 valence electrons. The number of hydrogen-bond acceptors (Lipinski definition) is 2. The maximum absolute atomic E-state index is 6.23. The van der Waals surface area contributed by atoms with Crippen molar-refractivity contribution in [3.8, 4) is 22.6 Å². The van der Waals surface area contributed by atoms with Gasteiger partial charge in [-0.1, -0.05) is 109 Å². The molecule has 1 aliphatic heterocycles. The van der Waals surface area contributed by atoms with E-state index in [2.05, 4.69) is 115 Å². The molecule has 0 bridgehead atoms. The highest BCUT2D eigenvalue weighted by Crippen LogP contribution is 2.41. The van der Waals surface area contributed by atoms with Gasteiger partial charge in [0.1, 0.15) is 11.5 Å². The summed E-state index contributed by atoms with van der Waals surface area (Å²) in [5.74, 6) is 1.88. The van der Waals surface area contributed by atoms with E-state index < -0.39 is 0 Å². The van der Waals surface area contributed by atoms with Gasteiger partial charge in [-0.3, -0.25) is 0 Å². The van der Waals surface area contributed by atoms with Crippen LogP contribution in [-0.2, 0) is 0 Å². The summed E-state index contributed by atoms with van der Waals surface area (Å²) in [6.45, 7) is 0.155. The molecule has 0 spiro atoms. The largest absolute Gasteiger partial charge is 0.458 e. The quantitative estimate of drug-likeness (QED) is 0.229. The smallest absolute Gasteiger partial charge is 0.250 e. The third kappa shape index (κ3) is 3.25. The summed E-state index contributed by atoms with van der Waals surface area (Å²) in [6, 6.07) is 46.0. The molecule has 0 saturated heterocycles. The standard InChI is InChI=1S/C34H21BOS/c1-2-9-24-21-33-28(20-23(24)8-1)27-11-7-10-26(34(27)37-33)22-16-18-25(19-17-22)35-29-12-3-5-14-31(29)36-32-15-6-4-13-30(32)35/h1-21H. The SMILES string of the molecule is c1ccc2c(c1)Oc1ccccc1B2c1ccc(-c2cccc3c2sc2cc4ccccc4cc23)cc1. The highest BCUT2D eigenvalue weighted by molar-refractivity contribution is 7.26. The molecule has 1 nitrogen and oxygen atoms in total. The van der Waals surface area contributed by atoms with Gasteiger partial charge in [-0.05, 0) is 57.1 Å². The maximum atomic E-state index is 6.23. The molecule has 0 aliphatic carbocycles. The Morgan fingerprint density at radius 2 is 1.19 bits per heavy atom. The first-order valence-corrected chi connectivity index (χ1v) is 13.5. The van der Waals surface area contributed by atoms with E-state index in [1.54, 1.807) is 0 Å². The van der Waals surface area contributed by atoms with E-state index in [-0.39, 0.29) is 6.71 Å². The molecule has 2 heterocycles. The van der Waals surface area contributed by atoms with E-state index in [9.17, 15) is 0 Å². The second-order valence-electron chi connectivity index (χ2n) is 9.71. The van der Waals surface area contributed by atoms with Gasteiger partial charge in [0, 0.05) is 20.2 Å². The zero-order chi connectivity index (χ0) is 24.3. The lowest BCUT2D eigenvalue weighted by Gasteiger charge is -2.26. The number of benzene rings is 6. The van der Waals surface area contributed by atoms with Gasteiger partial charge in [0.05, 0.1) is 0 Å². The van der Waals surface area contributed by atoms with Gasteiger partial charge >= 0.3 is 0 Å². The van der Waals surface area contributed by atoms with E-state index >= 15 is 0 Å². The molecule has 6 aromatic carbocycles. The van der Waals surface area contributed by atoms with Gasteiger partial charge in [0.2, 0.25) is 0 Å². The molecule has 0 saturated carbocycles. The van der Waals surface area contributed by atoms with Crippen LogP contribution in [0.4, 0.5) is 0 Å². The van der Waals surface area contributed by atoms with Crippen LogP contribution in [0, 0.1) is 0 Å². The Morgan fingerprint density at radius 1 is 0.541 bits per heavy atom. The van der Waals surface area contributed by atoms with E-state index in [0.717, 1.165) is 11.5 Å². The molecule has 0 atom stereocenters. The predicted octanol–water partition coefficient (Wildman–Crippen LogP) is 7.50. The van der Waals surface area contributed by atoms with Gasteiger partial charge in [-0.15, -0.1) is 11.3 Å². The number of thiophene rings is 1. The lowest BCUT2D eigenvalue weighted by atomic mass is 9.36. The average molecular weight is 488 g/mol. The Labute approximate surface area is 219 Å². The van der Waals surface area contributed by atoms with Crippen LogP contribution < -0.4 is 21.1 Å². The number of fused-ring (bicyclic) bond motifs is 6. The van der Waals surface area contributed by atoms with Crippen molar-refractivity contribution in [1.29, 1.82) is 0 Å². The van der Waals surface area contributed by atoms with Crippen LogP contribution in [0.5, 0.6) is 11.5 Å². The Hall–Kier alpha value is -4.34. The molecule has 0 fully saturated rings. The van der Waals surface area contributed by atoms with Gasteiger partial charge in [0.25, 0.3) is 6.71 Å². The van der Waals surface area contributed by atoms with Gasteiger partial charge < -0.3 is 4.74 Å². The van der Waals surface area contributed by atoms with E-state index in [0.29, 0.717) is 0 Å². The van der Waals surface area contributed by atoms with Crippen molar-refractivity contribution in [2.45, 2.75) is 0 Å². The van der Waals surface area contributed by atoms with Crippen LogP contribution in [-0.4, -0.2) is 6.71 Å². The van der Waals surface area contributed by atoms with Crippen LogP contribution in [0.15, 0.2) is 127 Å². The molecule has 1 aromatic heterocycles. The van der Waals surface area contributed by atoms with Crippen LogP contribution in [0.3, 0.4) is 0 Å². The van der Waals surface area contributed by atoms with Crippen molar-refractivity contribution >= 4 is 65.4 Å². The number of ether oxygens (including phenoxy) is 1. The molecule has 0 amide bonds. The Balaban J connectivity index is 1.26. The van der Waals surface area contributed by atoms with Crippen molar-refractivity contribution in [2.24, 2.45) is 0 Å². The third-order valence-electron chi connectivity index (χ3n) is 7.60. The van der Waals surface area contributed by atoms with Crippen molar-refractivity contribution in [3.63, 3.8) is 0 Å². The van der Waals surface area contributed by atoms with E-state index in [1.807, 2.05) is 23.5 Å². The van der Waals surface area contributed by atoms with Crippen LogP contribution in [0.25, 0.3) is 42.1 Å². The fraction of sp³-hybridized carbons (Fsp3) is 0. The third-order valence-corrected chi connectivity index (χ3v) is 8.80. The summed E-state index contributed by atoms with van der Waals surface area (Å²) >= 11 is 1.90. The van der Waals surface area contributed by atoms with Crippen LogP contribution in [0.2, 0.25) is 0 Å². The monoisotopic (exact) mass is 488 g/mol. The average Bonchev–Trinajstić information content (AvgIpc) is 3.32. The fourth-order valence-corrected chi connectivity index (χ4v) is 7.10. The van der Waals surface area contributed by atoms with E-state index in [4.69, 9.17) is 4.74 Å². The second-order valence-corrected chi connectivity index (χ2v) is 10.8. The summed E-state index contributed by atoms with van der Waals surface area (Å²) in [4.78, 5) is 0. The fourth-order valence-electron chi connectivity index (χ4n) is 5.83. The highest BCUT2D eigenvalue weighted by atomic mass is 32.1. The predicted molar refractivity (Wildman–Crippen MR) is 160 cm³/mol. The molecule has 37 heavy (non-hydrogen) atoms. The zero-order valence-corrected chi connectivity index (χ0v) is 20.8. The highest BCUT2D eigenvalue weighted by Gasteiger charge is 2.31. The summed E-state index contributed by atoms with van der Waals surface area (Å²) in [5, 5.41) is 5.26. The lowest BCUT2D eigenvalue weighted by Crippen LogP contribution is -2.54. The maximum Gasteiger partial charge on any atom is 0.250 e. The molecule has 0 unspecified atom stereocenters.